The summed E-state index contributed by atoms with van der Waals surface area (Å²) >= 11 is 0. The van der Waals surface area contributed by atoms with E-state index in [1.54, 1.807) is 60.2 Å². The normalized spacial score (nSPS) is 26.2. The van der Waals surface area contributed by atoms with Crippen LogP contribution in [0.1, 0.15) is 54.8 Å². The molecule has 1 spiro atoms. The molecule has 2 aliphatic heterocycles. The monoisotopic (exact) mass is 424 g/mol. The lowest BCUT2D eigenvalue weighted by molar-refractivity contribution is -0.149. The third-order valence-corrected chi connectivity index (χ3v) is 6.42. The van der Waals surface area contributed by atoms with E-state index in [2.05, 4.69) is 0 Å². The van der Waals surface area contributed by atoms with E-state index in [9.17, 15) is 14.4 Å². The SMILES string of the molecule is CCOC(=O)[C@H]1C[C@]2(CCCCN(C)C2=O)N(C(=O)c2ccccc2)[C@H]1c1ccco1. The molecule has 3 atom stereocenters. The summed E-state index contributed by atoms with van der Waals surface area (Å²) in [5.74, 6) is -1.02. The number of amides is 2. The number of ether oxygens (including phenoxy) is 1. The summed E-state index contributed by atoms with van der Waals surface area (Å²) in [6.45, 7) is 2.61. The first-order valence-corrected chi connectivity index (χ1v) is 10.8. The molecule has 164 valence electrons. The largest absolute Gasteiger partial charge is 0.467 e. The number of carbonyl (C=O) groups excluding carboxylic acids is 3. The lowest BCUT2D eigenvalue weighted by Gasteiger charge is -2.40. The van der Waals surface area contributed by atoms with Gasteiger partial charge in [0.05, 0.1) is 18.8 Å². The van der Waals surface area contributed by atoms with Crippen LogP contribution >= 0.6 is 0 Å². The maximum absolute atomic E-state index is 13.9. The van der Waals surface area contributed by atoms with Crippen LogP contribution in [0.4, 0.5) is 0 Å². The lowest BCUT2D eigenvalue weighted by atomic mass is 9.85. The molecule has 1 aromatic heterocycles. The molecule has 2 saturated heterocycles. The summed E-state index contributed by atoms with van der Waals surface area (Å²) in [5.41, 5.74) is -0.643. The predicted octanol–water partition coefficient (Wildman–Crippen LogP) is 3.43. The number of furan rings is 1. The number of nitrogens with zero attached hydrogens (tertiary/aromatic N) is 2. The van der Waals surface area contributed by atoms with Gasteiger partial charge in [-0.15, -0.1) is 0 Å². The number of likely N-dealkylation sites (N-methyl/N-ethyl adjacent to an activating group) is 1. The summed E-state index contributed by atoms with van der Waals surface area (Å²) in [5, 5.41) is 0. The first-order valence-electron chi connectivity index (χ1n) is 10.8. The number of rotatable bonds is 4. The first-order chi connectivity index (χ1) is 15.0. The van der Waals surface area contributed by atoms with Crippen molar-refractivity contribution >= 4 is 17.8 Å². The van der Waals surface area contributed by atoms with E-state index in [4.69, 9.17) is 9.15 Å². The molecule has 0 bridgehead atoms. The minimum absolute atomic E-state index is 0.127. The van der Waals surface area contributed by atoms with Gasteiger partial charge >= 0.3 is 5.97 Å². The Morgan fingerprint density at radius 1 is 1.16 bits per heavy atom. The summed E-state index contributed by atoms with van der Waals surface area (Å²) < 4.78 is 11.1. The van der Waals surface area contributed by atoms with Gasteiger partial charge in [-0.05, 0) is 56.9 Å². The number of esters is 1. The van der Waals surface area contributed by atoms with Gasteiger partial charge in [0.25, 0.3) is 5.91 Å². The zero-order chi connectivity index (χ0) is 22.0. The minimum Gasteiger partial charge on any atom is -0.467 e. The second-order valence-electron chi connectivity index (χ2n) is 8.28. The average molecular weight is 424 g/mol. The van der Waals surface area contributed by atoms with Gasteiger partial charge in [0.15, 0.2) is 0 Å². The van der Waals surface area contributed by atoms with Crippen LogP contribution in [-0.4, -0.2) is 53.3 Å². The Labute approximate surface area is 181 Å². The molecule has 1 aromatic carbocycles. The molecule has 2 amide bonds. The Kier molecular flexibility index (Phi) is 5.85. The van der Waals surface area contributed by atoms with Gasteiger partial charge in [0.2, 0.25) is 5.91 Å². The highest BCUT2D eigenvalue weighted by Crippen LogP contribution is 2.51. The predicted molar refractivity (Wildman–Crippen MR) is 113 cm³/mol. The smallest absolute Gasteiger partial charge is 0.311 e. The van der Waals surface area contributed by atoms with Crippen molar-refractivity contribution in [3.05, 3.63) is 60.1 Å². The molecule has 0 radical (unpaired) electrons. The zero-order valence-electron chi connectivity index (χ0n) is 18.0. The number of hydrogen-bond acceptors (Lipinski definition) is 5. The van der Waals surface area contributed by atoms with Crippen LogP contribution in [0.15, 0.2) is 53.1 Å². The highest BCUT2D eigenvalue weighted by Gasteiger charge is 2.62. The van der Waals surface area contributed by atoms with Crippen molar-refractivity contribution in [2.24, 2.45) is 5.92 Å². The molecule has 0 unspecified atom stereocenters. The van der Waals surface area contributed by atoms with E-state index < -0.39 is 23.5 Å². The molecular formula is C24H28N2O5. The van der Waals surface area contributed by atoms with Gasteiger partial charge in [-0.1, -0.05) is 18.2 Å². The molecule has 0 aliphatic carbocycles. The van der Waals surface area contributed by atoms with E-state index in [-0.39, 0.29) is 24.8 Å². The molecule has 0 saturated carbocycles. The van der Waals surface area contributed by atoms with Crippen molar-refractivity contribution in [1.29, 1.82) is 0 Å². The van der Waals surface area contributed by atoms with Crippen molar-refractivity contribution in [3.63, 3.8) is 0 Å². The first kappa shape index (κ1) is 21.2. The Balaban J connectivity index is 1.89. The van der Waals surface area contributed by atoms with E-state index in [0.717, 1.165) is 12.8 Å². The molecule has 2 aromatic rings. The highest BCUT2D eigenvalue weighted by atomic mass is 16.5. The quantitative estimate of drug-likeness (QED) is 0.703. The van der Waals surface area contributed by atoms with E-state index in [1.165, 1.54) is 6.26 Å². The van der Waals surface area contributed by atoms with Gasteiger partial charge in [0.1, 0.15) is 17.3 Å². The molecule has 4 rings (SSSR count). The van der Waals surface area contributed by atoms with Crippen molar-refractivity contribution in [2.75, 3.05) is 20.2 Å². The van der Waals surface area contributed by atoms with Crippen molar-refractivity contribution in [2.45, 2.75) is 44.2 Å². The van der Waals surface area contributed by atoms with Crippen LogP contribution in [0.3, 0.4) is 0 Å². The standard InChI is InChI=1S/C24H28N2O5/c1-3-30-22(28)18-16-24(13-7-8-14-25(2)23(24)29)26(20(18)19-12-9-15-31-19)21(27)17-10-5-4-6-11-17/h4-6,9-12,15,18,20H,3,7-8,13-14,16H2,1-2H3/t18-,20+,24-/m0/s1. The fourth-order valence-corrected chi connectivity index (χ4v) is 5.05. The van der Waals surface area contributed by atoms with Crippen LogP contribution < -0.4 is 0 Å². The van der Waals surface area contributed by atoms with Crippen molar-refractivity contribution in [1.82, 2.24) is 9.80 Å². The molecule has 3 heterocycles. The fraction of sp³-hybridized carbons (Fsp3) is 0.458. The highest BCUT2D eigenvalue weighted by molar-refractivity contribution is 6.01. The van der Waals surface area contributed by atoms with Crippen LogP contribution in [0.5, 0.6) is 0 Å². The van der Waals surface area contributed by atoms with E-state index in [1.807, 2.05) is 6.07 Å². The summed E-state index contributed by atoms with van der Waals surface area (Å²) in [6.07, 6.45) is 3.89. The van der Waals surface area contributed by atoms with Crippen molar-refractivity contribution < 1.29 is 23.5 Å². The maximum atomic E-state index is 13.9. The third-order valence-electron chi connectivity index (χ3n) is 6.42. The average Bonchev–Trinajstić information content (AvgIpc) is 3.40. The number of likely N-dealkylation sites (tertiary alicyclic amines) is 2. The second kappa shape index (κ2) is 8.57. The van der Waals surface area contributed by atoms with E-state index >= 15 is 0 Å². The Morgan fingerprint density at radius 2 is 1.94 bits per heavy atom. The lowest BCUT2D eigenvalue weighted by Crippen LogP contribution is -2.57. The maximum Gasteiger partial charge on any atom is 0.311 e. The summed E-state index contributed by atoms with van der Waals surface area (Å²) in [7, 11) is 1.76. The summed E-state index contributed by atoms with van der Waals surface area (Å²) in [6, 6.07) is 11.7. The number of hydrogen-bond donors (Lipinski definition) is 0. The third kappa shape index (κ3) is 3.62. The molecule has 2 aliphatic rings. The van der Waals surface area contributed by atoms with Crippen molar-refractivity contribution in [3.8, 4) is 0 Å². The number of carbonyl (C=O) groups is 3. The summed E-state index contributed by atoms with van der Waals surface area (Å²) in [4.78, 5) is 43.9. The van der Waals surface area contributed by atoms with Crippen LogP contribution in [0.2, 0.25) is 0 Å². The minimum atomic E-state index is -1.12. The van der Waals surface area contributed by atoms with Gasteiger partial charge in [0, 0.05) is 19.2 Å². The molecule has 2 fully saturated rings. The van der Waals surface area contributed by atoms with E-state index in [0.29, 0.717) is 24.3 Å². The molecule has 7 nitrogen and oxygen atoms in total. The van der Waals surface area contributed by atoms with Gasteiger partial charge in [-0.25, -0.2) is 0 Å². The Bertz CT molecular complexity index is 942. The Hall–Kier alpha value is -3.09. The molecule has 31 heavy (non-hydrogen) atoms. The molecule has 0 N–H and O–H groups in total. The fourth-order valence-electron chi connectivity index (χ4n) is 5.05. The van der Waals surface area contributed by atoms with Gasteiger partial charge in [-0.2, -0.15) is 0 Å². The second-order valence-corrected chi connectivity index (χ2v) is 8.28. The topological polar surface area (TPSA) is 80.1 Å². The van der Waals surface area contributed by atoms with Gasteiger partial charge in [-0.3, -0.25) is 14.4 Å². The number of benzene rings is 1. The van der Waals surface area contributed by atoms with Crippen LogP contribution in [-0.2, 0) is 14.3 Å². The molecular weight excluding hydrogens is 396 g/mol. The van der Waals surface area contributed by atoms with Crippen LogP contribution in [0.25, 0.3) is 0 Å². The Morgan fingerprint density at radius 3 is 2.61 bits per heavy atom. The molecule has 7 heteroatoms. The zero-order valence-corrected chi connectivity index (χ0v) is 18.0. The van der Waals surface area contributed by atoms with Gasteiger partial charge < -0.3 is 19.0 Å². The van der Waals surface area contributed by atoms with Crippen LogP contribution in [0, 0.1) is 5.92 Å².